The Morgan fingerprint density at radius 3 is 0.768 bits per heavy atom. The molecular weight excluding hydrogens is 1290 g/mol. The minimum atomic E-state index is -4.96. The van der Waals surface area contributed by atoms with Crippen LogP contribution in [0.4, 0.5) is 0 Å². The Morgan fingerprint density at radius 1 is 0.293 bits per heavy atom. The standard InChI is InChI=1S/C80H156O17P2/c1-8-10-11-12-13-14-15-16-17-18-19-20-21-22-23-24-29-35-40-49-56-63-79(84)96-75(67-90-77(82)61-54-47-39-34-28-26-25-27-32-37-44-51-58-71(3)4)69-94-98(86,87)92-65-74(81)66-93-99(88,89)95-70-76(68-91-78(83)62-55-48-43-42-46-53-60-73(7)9-2)97-80(85)64-57-50-41-36-31-30-33-38-45-52-59-72(5)6/h71-76,81H,8-70H2,1-7H3,(H,86,87)(H,88,89)/t73?,74-,75-,76-/m1/s1. The number of phosphoric acid groups is 2. The SMILES string of the molecule is CCCCCCCCCCCCCCCCCCCCCCCC(=O)O[C@H](COC(=O)CCCCCCCCCCCCCCC(C)C)COP(=O)(O)OC[C@@H](O)COP(=O)(O)OC[C@@H](COC(=O)CCCCCCCCC(C)CC)OC(=O)CCCCCCCCCCCCC(C)C. The van der Waals surface area contributed by atoms with Crippen LogP contribution >= 0.6 is 15.6 Å². The van der Waals surface area contributed by atoms with Crippen LogP contribution in [0.5, 0.6) is 0 Å². The van der Waals surface area contributed by atoms with Crippen molar-refractivity contribution in [2.45, 2.75) is 433 Å². The van der Waals surface area contributed by atoms with E-state index < -0.39 is 97.5 Å². The third kappa shape index (κ3) is 72.8. The summed E-state index contributed by atoms with van der Waals surface area (Å²) in [6.07, 6.45) is 58.4. The van der Waals surface area contributed by atoms with E-state index >= 15 is 0 Å². The summed E-state index contributed by atoms with van der Waals surface area (Å²) in [7, 11) is -9.92. The van der Waals surface area contributed by atoms with Crippen LogP contribution in [0, 0.1) is 17.8 Å². The van der Waals surface area contributed by atoms with Gasteiger partial charge in [0.15, 0.2) is 12.2 Å². The molecule has 3 unspecified atom stereocenters. The fourth-order valence-electron chi connectivity index (χ4n) is 12.3. The minimum Gasteiger partial charge on any atom is -0.462 e. The van der Waals surface area contributed by atoms with E-state index in [1.807, 2.05) is 0 Å². The molecule has 0 saturated carbocycles. The van der Waals surface area contributed by atoms with Crippen LogP contribution in [-0.2, 0) is 65.4 Å². The molecule has 0 aromatic rings. The molecule has 0 bridgehead atoms. The summed E-state index contributed by atoms with van der Waals surface area (Å²) in [4.78, 5) is 73.0. The Kier molecular flexibility index (Phi) is 69.0. The Bertz CT molecular complexity index is 1920. The van der Waals surface area contributed by atoms with Crippen LogP contribution in [0.25, 0.3) is 0 Å². The lowest BCUT2D eigenvalue weighted by Gasteiger charge is -2.21. The lowest BCUT2D eigenvalue weighted by Crippen LogP contribution is -2.30. The van der Waals surface area contributed by atoms with Crippen LogP contribution in [0.2, 0.25) is 0 Å². The number of rotatable bonds is 78. The summed E-state index contributed by atoms with van der Waals surface area (Å²) in [6, 6.07) is 0. The first kappa shape index (κ1) is 97.1. The van der Waals surface area contributed by atoms with Crippen LogP contribution in [0.3, 0.4) is 0 Å². The number of unbranched alkanes of at least 4 members (excludes halogenated alkanes) is 45. The molecule has 0 aromatic heterocycles. The van der Waals surface area contributed by atoms with Gasteiger partial charge in [0.1, 0.15) is 19.3 Å². The molecule has 3 N–H and O–H groups in total. The third-order valence-corrected chi connectivity index (χ3v) is 20.9. The quantitative estimate of drug-likeness (QED) is 0.0222. The first-order valence-electron chi connectivity index (χ1n) is 41.4. The fourth-order valence-corrected chi connectivity index (χ4v) is 13.9. The Hall–Kier alpha value is -1.94. The van der Waals surface area contributed by atoms with Gasteiger partial charge in [-0.2, -0.15) is 0 Å². The number of carbonyl (C=O) groups is 4. The van der Waals surface area contributed by atoms with Crippen LogP contribution in [0.1, 0.15) is 414 Å². The molecule has 0 saturated heterocycles. The van der Waals surface area contributed by atoms with Crippen molar-refractivity contribution in [3.8, 4) is 0 Å². The summed E-state index contributed by atoms with van der Waals surface area (Å²) in [6.45, 7) is 11.9. The predicted octanol–water partition coefficient (Wildman–Crippen LogP) is 23.7. The van der Waals surface area contributed by atoms with Crippen molar-refractivity contribution in [2.75, 3.05) is 39.6 Å². The van der Waals surface area contributed by atoms with Gasteiger partial charge in [-0.25, -0.2) is 9.13 Å². The number of phosphoric ester groups is 2. The number of aliphatic hydroxyl groups is 1. The monoisotopic (exact) mass is 1450 g/mol. The lowest BCUT2D eigenvalue weighted by atomic mass is 10.00. The topological polar surface area (TPSA) is 237 Å². The smallest absolute Gasteiger partial charge is 0.462 e. The van der Waals surface area contributed by atoms with Crippen molar-refractivity contribution in [3.05, 3.63) is 0 Å². The van der Waals surface area contributed by atoms with Gasteiger partial charge in [-0.15, -0.1) is 0 Å². The number of aliphatic hydroxyl groups excluding tert-OH is 1. The van der Waals surface area contributed by atoms with E-state index in [1.165, 1.54) is 218 Å². The van der Waals surface area contributed by atoms with Gasteiger partial charge in [0, 0.05) is 25.7 Å². The van der Waals surface area contributed by atoms with Crippen LogP contribution < -0.4 is 0 Å². The maximum atomic E-state index is 13.1. The number of hydrogen-bond acceptors (Lipinski definition) is 15. The second kappa shape index (κ2) is 70.4. The van der Waals surface area contributed by atoms with Gasteiger partial charge in [-0.3, -0.25) is 37.3 Å². The first-order chi connectivity index (χ1) is 47.8. The zero-order valence-corrected chi connectivity index (χ0v) is 66.8. The van der Waals surface area contributed by atoms with E-state index in [0.29, 0.717) is 25.7 Å². The van der Waals surface area contributed by atoms with E-state index in [-0.39, 0.29) is 25.7 Å². The van der Waals surface area contributed by atoms with E-state index in [0.717, 1.165) is 114 Å². The molecule has 0 aromatic carbocycles. The highest BCUT2D eigenvalue weighted by molar-refractivity contribution is 7.47. The number of carbonyl (C=O) groups excluding carboxylic acids is 4. The van der Waals surface area contributed by atoms with E-state index in [1.54, 1.807) is 0 Å². The molecule has 6 atom stereocenters. The number of esters is 4. The van der Waals surface area contributed by atoms with Crippen molar-refractivity contribution in [2.24, 2.45) is 17.8 Å². The molecule has 0 aliphatic carbocycles. The summed E-state index contributed by atoms with van der Waals surface area (Å²) < 4.78 is 68.7. The van der Waals surface area contributed by atoms with Gasteiger partial charge in [-0.1, -0.05) is 363 Å². The van der Waals surface area contributed by atoms with E-state index in [2.05, 4.69) is 48.5 Å². The highest BCUT2D eigenvalue weighted by Gasteiger charge is 2.30. The van der Waals surface area contributed by atoms with E-state index in [4.69, 9.17) is 37.0 Å². The van der Waals surface area contributed by atoms with Crippen LogP contribution in [0.15, 0.2) is 0 Å². The summed E-state index contributed by atoms with van der Waals surface area (Å²) >= 11 is 0. The average molecular weight is 1450 g/mol. The lowest BCUT2D eigenvalue weighted by molar-refractivity contribution is -0.161. The van der Waals surface area contributed by atoms with Crippen molar-refractivity contribution >= 4 is 39.5 Å². The maximum absolute atomic E-state index is 13.1. The Morgan fingerprint density at radius 2 is 0.515 bits per heavy atom. The molecule has 19 heteroatoms. The van der Waals surface area contributed by atoms with Crippen molar-refractivity contribution in [1.29, 1.82) is 0 Å². The van der Waals surface area contributed by atoms with Gasteiger partial charge >= 0.3 is 39.5 Å². The summed E-state index contributed by atoms with van der Waals surface area (Å²) in [5.74, 6) is 0.149. The first-order valence-corrected chi connectivity index (χ1v) is 44.4. The van der Waals surface area contributed by atoms with E-state index in [9.17, 15) is 43.2 Å². The second-order valence-electron chi connectivity index (χ2n) is 30.0. The summed E-state index contributed by atoms with van der Waals surface area (Å²) in [5, 5.41) is 10.6. The normalized spacial score (nSPS) is 14.3. The zero-order valence-electron chi connectivity index (χ0n) is 65.0. The van der Waals surface area contributed by atoms with Gasteiger partial charge in [-0.05, 0) is 43.4 Å². The van der Waals surface area contributed by atoms with Crippen molar-refractivity contribution < 1.29 is 80.2 Å². The predicted molar refractivity (Wildman–Crippen MR) is 405 cm³/mol. The molecule has 99 heavy (non-hydrogen) atoms. The molecule has 588 valence electrons. The average Bonchev–Trinajstić information content (AvgIpc) is 1.19. The molecule has 0 spiro atoms. The molecule has 0 aliphatic heterocycles. The minimum absolute atomic E-state index is 0.105. The molecule has 0 rings (SSSR count). The number of hydrogen-bond donors (Lipinski definition) is 3. The van der Waals surface area contributed by atoms with Gasteiger partial charge < -0.3 is 33.8 Å². The van der Waals surface area contributed by atoms with Gasteiger partial charge in [0.2, 0.25) is 0 Å². The van der Waals surface area contributed by atoms with Gasteiger partial charge in [0.25, 0.3) is 0 Å². The molecule has 0 radical (unpaired) electrons. The Balaban J connectivity index is 5.22. The molecule has 0 fully saturated rings. The molecule has 0 heterocycles. The Labute approximate surface area is 607 Å². The maximum Gasteiger partial charge on any atom is 0.472 e. The number of ether oxygens (including phenoxy) is 4. The van der Waals surface area contributed by atoms with Crippen LogP contribution in [-0.4, -0.2) is 96.7 Å². The second-order valence-corrected chi connectivity index (χ2v) is 32.9. The molecule has 17 nitrogen and oxygen atoms in total. The highest BCUT2D eigenvalue weighted by atomic mass is 31.2. The van der Waals surface area contributed by atoms with Crippen molar-refractivity contribution in [1.82, 2.24) is 0 Å². The third-order valence-electron chi connectivity index (χ3n) is 19.0. The largest absolute Gasteiger partial charge is 0.472 e. The van der Waals surface area contributed by atoms with Gasteiger partial charge in [0.05, 0.1) is 26.4 Å². The zero-order chi connectivity index (χ0) is 73.0. The molecule has 0 amide bonds. The van der Waals surface area contributed by atoms with Crippen molar-refractivity contribution in [3.63, 3.8) is 0 Å². The highest BCUT2D eigenvalue weighted by Crippen LogP contribution is 2.45. The molecular formula is C80H156O17P2. The fraction of sp³-hybridized carbons (Fsp3) is 0.950. The summed E-state index contributed by atoms with van der Waals surface area (Å²) in [5.41, 5.74) is 0. The molecule has 0 aliphatic rings.